The maximum absolute atomic E-state index is 12.6. The summed E-state index contributed by atoms with van der Waals surface area (Å²) in [5, 5.41) is 5.50. The van der Waals surface area contributed by atoms with Crippen LogP contribution in [0.3, 0.4) is 0 Å². The topological polar surface area (TPSA) is 106 Å². The number of hydrogen-bond acceptors (Lipinski definition) is 4. The molecule has 0 aliphatic heterocycles. The Bertz CT molecular complexity index is 1010. The van der Waals surface area contributed by atoms with E-state index in [4.69, 9.17) is 10.5 Å². The largest absolute Gasteiger partial charge is 0.489 e. The highest BCUT2D eigenvalue weighted by atomic mass is 16.5. The average molecular weight is 404 g/mol. The lowest BCUT2D eigenvalue weighted by atomic mass is 9.98. The monoisotopic (exact) mass is 404 g/mol. The molecule has 1 aromatic heterocycles. The highest BCUT2D eigenvalue weighted by Gasteiger charge is 2.19. The van der Waals surface area contributed by atoms with Crippen LogP contribution in [-0.4, -0.2) is 16.9 Å². The van der Waals surface area contributed by atoms with Gasteiger partial charge >= 0.3 is 6.03 Å². The Hall–Kier alpha value is -3.87. The van der Waals surface area contributed by atoms with E-state index in [-0.39, 0.29) is 12.3 Å². The fraction of sp³-hybridized carbons (Fsp3) is 0.174. The van der Waals surface area contributed by atoms with Gasteiger partial charge in [-0.25, -0.2) is 4.79 Å². The van der Waals surface area contributed by atoms with Crippen molar-refractivity contribution in [3.63, 3.8) is 0 Å². The fourth-order valence-electron chi connectivity index (χ4n) is 3.10. The standard InChI is InChI=1S/C23H24N4O3/c1-16-6-2-3-10-20(16)21(27-23(24)29)13-22(28)26-18-8-4-9-19(12-18)30-15-17-7-5-11-25-14-17/h2-12,14,21H,13,15H2,1H3,(H,26,28)(H3,24,27,29). The number of amides is 3. The van der Waals surface area contributed by atoms with Crippen LogP contribution in [0.2, 0.25) is 0 Å². The van der Waals surface area contributed by atoms with E-state index in [1.165, 1.54) is 0 Å². The Kier molecular flexibility index (Phi) is 7.00. The number of nitrogens with zero attached hydrogens (tertiary/aromatic N) is 1. The summed E-state index contributed by atoms with van der Waals surface area (Å²) in [4.78, 5) is 28.1. The molecule has 1 unspecified atom stereocenters. The van der Waals surface area contributed by atoms with Crippen LogP contribution in [0.25, 0.3) is 0 Å². The van der Waals surface area contributed by atoms with Gasteiger partial charge in [-0.05, 0) is 36.2 Å². The molecule has 3 rings (SSSR count). The molecule has 0 saturated heterocycles. The molecule has 0 aliphatic rings. The summed E-state index contributed by atoms with van der Waals surface area (Å²) in [7, 11) is 0. The minimum Gasteiger partial charge on any atom is -0.489 e. The first-order valence-electron chi connectivity index (χ1n) is 9.54. The summed E-state index contributed by atoms with van der Waals surface area (Å²) < 4.78 is 5.77. The third-order valence-electron chi connectivity index (χ3n) is 4.52. The van der Waals surface area contributed by atoms with Crippen LogP contribution in [0.15, 0.2) is 73.1 Å². The van der Waals surface area contributed by atoms with E-state index < -0.39 is 12.1 Å². The number of primary amides is 1. The van der Waals surface area contributed by atoms with E-state index in [0.29, 0.717) is 18.0 Å². The molecule has 3 aromatic rings. The average Bonchev–Trinajstić information content (AvgIpc) is 2.73. The summed E-state index contributed by atoms with van der Waals surface area (Å²) in [6.45, 7) is 2.30. The van der Waals surface area contributed by atoms with E-state index in [0.717, 1.165) is 16.7 Å². The Labute approximate surface area is 175 Å². The van der Waals surface area contributed by atoms with Crippen molar-refractivity contribution in [1.82, 2.24) is 10.3 Å². The molecule has 0 radical (unpaired) electrons. The lowest BCUT2D eigenvalue weighted by molar-refractivity contribution is -0.116. The van der Waals surface area contributed by atoms with Crippen LogP contribution in [0.4, 0.5) is 10.5 Å². The van der Waals surface area contributed by atoms with Crippen molar-refractivity contribution in [3.05, 3.63) is 89.7 Å². The van der Waals surface area contributed by atoms with E-state index in [9.17, 15) is 9.59 Å². The number of urea groups is 1. The number of anilines is 1. The van der Waals surface area contributed by atoms with Crippen LogP contribution in [0.5, 0.6) is 5.75 Å². The van der Waals surface area contributed by atoms with Gasteiger partial charge < -0.3 is 21.1 Å². The van der Waals surface area contributed by atoms with Gasteiger partial charge in [-0.3, -0.25) is 9.78 Å². The molecule has 0 aliphatic carbocycles. The third-order valence-corrected chi connectivity index (χ3v) is 4.52. The number of aryl methyl sites for hydroxylation is 1. The molecule has 7 nitrogen and oxygen atoms in total. The van der Waals surface area contributed by atoms with Crippen molar-refractivity contribution < 1.29 is 14.3 Å². The Morgan fingerprint density at radius 1 is 1.10 bits per heavy atom. The summed E-state index contributed by atoms with van der Waals surface area (Å²) in [5.74, 6) is 0.379. The van der Waals surface area contributed by atoms with Gasteiger partial charge in [0.1, 0.15) is 12.4 Å². The number of rotatable bonds is 8. The SMILES string of the molecule is Cc1ccccc1C(CC(=O)Nc1cccc(OCc2cccnc2)c1)NC(N)=O. The van der Waals surface area contributed by atoms with Crippen LogP contribution in [0, 0.1) is 6.92 Å². The van der Waals surface area contributed by atoms with Crippen molar-refractivity contribution >= 4 is 17.6 Å². The number of ether oxygens (including phenoxy) is 1. The molecule has 0 saturated carbocycles. The zero-order valence-electron chi connectivity index (χ0n) is 16.7. The highest BCUT2D eigenvalue weighted by molar-refractivity contribution is 5.91. The molecule has 3 amide bonds. The molecule has 4 N–H and O–H groups in total. The Morgan fingerprint density at radius 2 is 1.93 bits per heavy atom. The summed E-state index contributed by atoms with van der Waals surface area (Å²) in [6, 6.07) is 17.3. The van der Waals surface area contributed by atoms with Crippen LogP contribution < -0.4 is 21.1 Å². The van der Waals surface area contributed by atoms with E-state index in [1.807, 2.05) is 49.4 Å². The number of carbonyl (C=O) groups excluding carboxylic acids is 2. The number of nitrogens with two attached hydrogens (primary N) is 1. The Balaban J connectivity index is 1.64. The van der Waals surface area contributed by atoms with Crippen molar-refractivity contribution in [1.29, 1.82) is 0 Å². The first-order valence-corrected chi connectivity index (χ1v) is 9.54. The highest BCUT2D eigenvalue weighted by Crippen LogP contribution is 2.23. The second-order valence-electron chi connectivity index (χ2n) is 6.85. The number of carbonyl (C=O) groups is 2. The Morgan fingerprint density at radius 3 is 2.67 bits per heavy atom. The molecule has 2 aromatic carbocycles. The maximum Gasteiger partial charge on any atom is 0.312 e. The van der Waals surface area contributed by atoms with Gasteiger partial charge in [-0.1, -0.05) is 36.4 Å². The molecule has 1 atom stereocenters. The molecule has 0 spiro atoms. The van der Waals surface area contributed by atoms with Crippen molar-refractivity contribution in [2.45, 2.75) is 26.0 Å². The molecule has 154 valence electrons. The number of pyridine rings is 1. The lowest BCUT2D eigenvalue weighted by Crippen LogP contribution is -2.35. The first kappa shape index (κ1) is 20.9. The molecule has 30 heavy (non-hydrogen) atoms. The summed E-state index contributed by atoms with van der Waals surface area (Å²) in [5.41, 5.74) is 8.67. The van der Waals surface area contributed by atoms with Crippen LogP contribution in [-0.2, 0) is 11.4 Å². The minimum absolute atomic E-state index is 0.0502. The van der Waals surface area contributed by atoms with Gasteiger partial charge in [0.05, 0.1) is 12.5 Å². The number of benzene rings is 2. The molecule has 0 bridgehead atoms. The van der Waals surface area contributed by atoms with Crippen molar-refractivity contribution in [2.75, 3.05) is 5.32 Å². The molecule has 0 fully saturated rings. The van der Waals surface area contributed by atoms with Crippen molar-refractivity contribution in [2.24, 2.45) is 5.73 Å². The third kappa shape index (κ3) is 6.07. The fourth-order valence-corrected chi connectivity index (χ4v) is 3.10. The summed E-state index contributed by atoms with van der Waals surface area (Å²) >= 11 is 0. The smallest absolute Gasteiger partial charge is 0.312 e. The summed E-state index contributed by atoms with van der Waals surface area (Å²) in [6.07, 6.45) is 3.49. The van der Waals surface area contributed by atoms with Gasteiger partial charge in [0.25, 0.3) is 0 Å². The van der Waals surface area contributed by atoms with Gasteiger partial charge in [-0.15, -0.1) is 0 Å². The number of hydrogen-bond donors (Lipinski definition) is 3. The van der Waals surface area contributed by atoms with Crippen LogP contribution in [0.1, 0.15) is 29.2 Å². The van der Waals surface area contributed by atoms with Crippen LogP contribution >= 0.6 is 0 Å². The number of nitrogens with one attached hydrogen (secondary N) is 2. The minimum atomic E-state index is -0.679. The van der Waals surface area contributed by atoms with Gasteiger partial charge in [-0.2, -0.15) is 0 Å². The van der Waals surface area contributed by atoms with Gasteiger partial charge in [0.2, 0.25) is 5.91 Å². The number of aromatic nitrogens is 1. The van der Waals surface area contributed by atoms with Gasteiger partial charge in [0.15, 0.2) is 0 Å². The lowest BCUT2D eigenvalue weighted by Gasteiger charge is -2.19. The van der Waals surface area contributed by atoms with Crippen molar-refractivity contribution in [3.8, 4) is 5.75 Å². The van der Waals surface area contributed by atoms with E-state index >= 15 is 0 Å². The zero-order valence-corrected chi connectivity index (χ0v) is 16.7. The van der Waals surface area contributed by atoms with E-state index in [2.05, 4.69) is 15.6 Å². The zero-order chi connectivity index (χ0) is 21.3. The molecule has 1 heterocycles. The van der Waals surface area contributed by atoms with Gasteiger partial charge in [0, 0.05) is 29.7 Å². The molecular formula is C23H24N4O3. The predicted molar refractivity (Wildman–Crippen MR) is 115 cm³/mol. The molecular weight excluding hydrogens is 380 g/mol. The second kappa shape index (κ2) is 10.1. The quantitative estimate of drug-likeness (QED) is 0.532. The normalized spacial score (nSPS) is 11.4. The second-order valence-corrected chi connectivity index (χ2v) is 6.85. The molecule has 7 heteroatoms. The van der Waals surface area contributed by atoms with E-state index in [1.54, 1.807) is 30.6 Å². The maximum atomic E-state index is 12.6. The predicted octanol–water partition coefficient (Wildman–Crippen LogP) is 3.71. The first-order chi connectivity index (χ1) is 14.5.